The number of aryl methyl sites for hydroxylation is 1. The molecule has 9 heteroatoms. The van der Waals surface area contributed by atoms with Crippen LogP contribution < -0.4 is 10.2 Å². The van der Waals surface area contributed by atoms with E-state index in [1.165, 1.54) is 4.80 Å². The highest BCUT2D eigenvalue weighted by Crippen LogP contribution is 2.14. The molecule has 9 nitrogen and oxygen atoms in total. The molecule has 4 rings (SSSR count). The van der Waals surface area contributed by atoms with Gasteiger partial charge in [-0.25, -0.2) is 4.98 Å². The van der Waals surface area contributed by atoms with Gasteiger partial charge < -0.3 is 15.1 Å². The molecule has 0 saturated carbocycles. The highest BCUT2D eigenvalue weighted by molar-refractivity contribution is 5.75. The molecule has 1 aliphatic heterocycles. The van der Waals surface area contributed by atoms with Crippen LogP contribution in [-0.4, -0.2) is 69.2 Å². The summed E-state index contributed by atoms with van der Waals surface area (Å²) >= 11 is 0. The van der Waals surface area contributed by atoms with Gasteiger partial charge in [0.25, 0.3) is 0 Å². The molecule has 1 aliphatic rings. The molecule has 3 heterocycles. The van der Waals surface area contributed by atoms with Crippen molar-refractivity contribution in [3.05, 3.63) is 54.2 Å². The average molecular weight is 421 g/mol. The fourth-order valence-corrected chi connectivity index (χ4v) is 3.45. The molecule has 0 bridgehead atoms. The van der Waals surface area contributed by atoms with E-state index < -0.39 is 0 Å². The quantitative estimate of drug-likeness (QED) is 0.592. The molecular weight excluding hydrogens is 392 g/mol. The number of rotatable bonds is 8. The molecule has 0 radical (unpaired) electrons. The van der Waals surface area contributed by atoms with Crippen molar-refractivity contribution < 1.29 is 4.79 Å². The Morgan fingerprint density at radius 2 is 1.87 bits per heavy atom. The van der Waals surface area contributed by atoms with E-state index in [1.807, 2.05) is 48.7 Å². The molecule has 0 unspecified atom stereocenters. The number of aromatic nitrogens is 5. The van der Waals surface area contributed by atoms with Crippen LogP contribution in [0.5, 0.6) is 0 Å². The van der Waals surface area contributed by atoms with E-state index >= 15 is 0 Å². The Labute approximate surface area is 182 Å². The van der Waals surface area contributed by atoms with Gasteiger partial charge in [0.05, 0.1) is 6.54 Å². The number of tetrazole rings is 1. The standard InChI is InChI=1S/C22H28N8O/c1-28-12-14-29(15-13-28)20-10-9-18(16-23-20)17-24-21(31)8-5-11-30-26-22(25-27-30)19-6-3-2-4-7-19/h2-4,6-7,9-10,16H,5,8,11-15,17H2,1H3,(H,24,31). The zero-order valence-electron chi connectivity index (χ0n) is 17.8. The van der Waals surface area contributed by atoms with Crippen LogP contribution in [0.3, 0.4) is 0 Å². The Morgan fingerprint density at radius 1 is 1.06 bits per heavy atom. The van der Waals surface area contributed by atoms with Crippen molar-refractivity contribution in [2.75, 3.05) is 38.1 Å². The van der Waals surface area contributed by atoms with Gasteiger partial charge in [-0.3, -0.25) is 4.79 Å². The summed E-state index contributed by atoms with van der Waals surface area (Å²) in [5.74, 6) is 1.60. The van der Waals surface area contributed by atoms with E-state index in [4.69, 9.17) is 0 Å². The summed E-state index contributed by atoms with van der Waals surface area (Å²) in [5.41, 5.74) is 1.93. The van der Waals surface area contributed by atoms with Crippen molar-refractivity contribution in [3.63, 3.8) is 0 Å². The van der Waals surface area contributed by atoms with Crippen LogP contribution in [0.2, 0.25) is 0 Å². The molecule has 0 aliphatic carbocycles. The molecule has 1 saturated heterocycles. The first kappa shape index (κ1) is 20.9. The number of carbonyl (C=O) groups excluding carboxylic acids is 1. The van der Waals surface area contributed by atoms with E-state index in [1.54, 1.807) is 0 Å². The number of benzene rings is 1. The zero-order valence-corrected chi connectivity index (χ0v) is 17.8. The fraction of sp³-hybridized carbons (Fsp3) is 0.409. The lowest BCUT2D eigenvalue weighted by molar-refractivity contribution is -0.121. The molecule has 1 amide bonds. The highest BCUT2D eigenvalue weighted by Gasteiger charge is 2.15. The third-order valence-electron chi connectivity index (χ3n) is 5.37. The van der Waals surface area contributed by atoms with Crippen molar-refractivity contribution in [1.82, 2.24) is 35.4 Å². The third-order valence-corrected chi connectivity index (χ3v) is 5.37. The first-order valence-corrected chi connectivity index (χ1v) is 10.7. The number of hydrogen-bond donors (Lipinski definition) is 1. The summed E-state index contributed by atoms with van der Waals surface area (Å²) < 4.78 is 0. The Kier molecular flexibility index (Phi) is 6.83. The van der Waals surface area contributed by atoms with Crippen LogP contribution in [0.1, 0.15) is 18.4 Å². The molecule has 162 valence electrons. The molecule has 0 spiro atoms. The van der Waals surface area contributed by atoms with Crippen LogP contribution in [0, 0.1) is 0 Å². The second kappa shape index (κ2) is 10.1. The number of nitrogens with zero attached hydrogens (tertiary/aromatic N) is 7. The maximum Gasteiger partial charge on any atom is 0.220 e. The van der Waals surface area contributed by atoms with Gasteiger partial charge in [0.15, 0.2) is 0 Å². The summed E-state index contributed by atoms with van der Waals surface area (Å²) in [6.45, 7) is 5.12. The molecular formula is C22H28N8O. The zero-order chi connectivity index (χ0) is 21.5. The summed E-state index contributed by atoms with van der Waals surface area (Å²) in [5, 5.41) is 15.5. The van der Waals surface area contributed by atoms with Gasteiger partial charge in [0.1, 0.15) is 5.82 Å². The Morgan fingerprint density at radius 3 is 2.61 bits per heavy atom. The maximum atomic E-state index is 12.2. The monoisotopic (exact) mass is 420 g/mol. The van der Waals surface area contributed by atoms with Gasteiger partial charge in [-0.1, -0.05) is 36.4 Å². The van der Waals surface area contributed by atoms with E-state index in [0.717, 1.165) is 43.1 Å². The Hall–Kier alpha value is -3.33. The van der Waals surface area contributed by atoms with Crippen molar-refractivity contribution in [1.29, 1.82) is 0 Å². The van der Waals surface area contributed by atoms with Crippen LogP contribution in [0.25, 0.3) is 11.4 Å². The van der Waals surface area contributed by atoms with Gasteiger partial charge in [-0.05, 0) is 30.3 Å². The SMILES string of the molecule is CN1CCN(c2ccc(CNC(=O)CCCn3nnc(-c4ccccc4)n3)cn2)CC1. The van der Waals surface area contributed by atoms with Gasteiger partial charge in [-0.15, -0.1) is 10.2 Å². The van der Waals surface area contributed by atoms with Crippen LogP contribution >= 0.6 is 0 Å². The smallest absolute Gasteiger partial charge is 0.220 e. The minimum absolute atomic E-state index is 0.00606. The fourth-order valence-electron chi connectivity index (χ4n) is 3.45. The molecule has 1 aromatic carbocycles. The first-order chi connectivity index (χ1) is 15.2. The lowest BCUT2D eigenvalue weighted by atomic mass is 10.2. The van der Waals surface area contributed by atoms with Crippen molar-refractivity contribution in [2.45, 2.75) is 25.9 Å². The maximum absolute atomic E-state index is 12.2. The van der Waals surface area contributed by atoms with E-state index in [-0.39, 0.29) is 5.91 Å². The highest BCUT2D eigenvalue weighted by atomic mass is 16.1. The number of hydrogen-bond acceptors (Lipinski definition) is 7. The average Bonchev–Trinajstić information content (AvgIpc) is 3.28. The number of amides is 1. The largest absolute Gasteiger partial charge is 0.354 e. The van der Waals surface area contributed by atoms with Crippen molar-refractivity contribution in [3.8, 4) is 11.4 Å². The predicted octanol–water partition coefficient (Wildman–Crippen LogP) is 1.58. The van der Waals surface area contributed by atoms with Crippen molar-refractivity contribution in [2.24, 2.45) is 0 Å². The Balaban J connectivity index is 1.17. The number of nitrogens with one attached hydrogen (secondary N) is 1. The first-order valence-electron chi connectivity index (χ1n) is 10.7. The van der Waals surface area contributed by atoms with Gasteiger partial charge in [0, 0.05) is 50.9 Å². The summed E-state index contributed by atoms with van der Waals surface area (Å²) in [4.78, 5) is 22.9. The molecule has 1 fully saturated rings. The second-order valence-corrected chi connectivity index (χ2v) is 7.77. The van der Waals surface area contributed by atoms with Gasteiger partial charge >= 0.3 is 0 Å². The molecule has 1 N–H and O–H groups in total. The summed E-state index contributed by atoms with van der Waals surface area (Å²) in [7, 11) is 2.14. The predicted molar refractivity (Wildman–Crippen MR) is 118 cm³/mol. The Bertz CT molecular complexity index is 965. The topological polar surface area (TPSA) is 92.1 Å². The van der Waals surface area contributed by atoms with Crippen LogP contribution in [-0.2, 0) is 17.9 Å². The van der Waals surface area contributed by atoms with E-state index in [9.17, 15) is 4.79 Å². The van der Waals surface area contributed by atoms with Crippen LogP contribution in [0.15, 0.2) is 48.7 Å². The number of likely N-dealkylation sites (N-methyl/N-ethyl adjacent to an activating group) is 1. The van der Waals surface area contributed by atoms with Crippen molar-refractivity contribution >= 4 is 11.7 Å². The van der Waals surface area contributed by atoms with E-state index in [2.05, 4.69) is 42.6 Å². The molecule has 31 heavy (non-hydrogen) atoms. The lowest BCUT2D eigenvalue weighted by Gasteiger charge is -2.33. The van der Waals surface area contributed by atoms with Gasteiger partial charge in [0.2, 0.25) is 11.7 Å². The summed E-state index contributed by atoms with van der Waals surface area (Å²) in [6, 6.07) is 13.8. The minimum atomic E-state index is 0.00606. The van der Waals surface area contributed by atoms with Gasteiger partial charge in [-0.2, -0.15) is 4.80 Å². The lowest BCUT2D eigenvalue weighted by Crippen LogP contribution is -2.44. The normalized spacial score (nSPS) is 14.5. The number of pyridine rings is 1. The number of anilines is 1. The molecule has 2 aromatic heterocycles. The number of carbonyl (C=O) groups is 1. The number of piperazine rings is 1. The minimum Gasteiger partial charge on any atom is -0.354 e. The summed E-state index contributed by atoms with van der Waals surface area (Å²) in [6.07, 6.45) is 2.91. The van der Waals surface area contributed by atoms with E-state index in [0.29, 0.717) is 31.8 Å². The molecule has 0 atom stereocenters. The van der Waals surface area contributed by atoms with Crippen LogP contribution in [0.4, 0.5) is 5.82 Å². The second-order valence-electron chi connectivity index (χ2n) is 7.77. The molecule has 3 aromatic rings. The third kappa shape index (κ3) is 5.85.